The van der Waals surface area contributed by atoms with Crippen LogP contribution in [0.5, 0.6) is 5.75 Å². The Kier molecular flexibility index (Phi) is 8.37. The molecule has 2 aromatic carbocycles. The molecule has 0 saturated carbocycles. The molecule has 39 heavy (non-hydrogen) atoms. The van der Waals surface area contributed by atoms with Gasteiger partial charge in [-0.05, 0) is 68.3 Å². The second-order valence-corrected chi connectivity index (χ2v) is 8.80. The lowest BCUT2D eigenvalue weighted by molar-refractivity contribution is -0.141. The van der Waals surface area contributed by atoms with E-state index in [-0.39, 0.29) is 30.7 Å². The van der Waals surface area contributed by atoms with Gasteiger partial charge in [-0.2, -0.15) is 10.4 Å². The number of benzene rings is 2. The van der Waals surface area contributed by atoms with Gasteiger partial charge in [0.25, 0.3) is 11.8 Å². The van der Waals surface area contributed by atoms with Crippen molar-refractivity contribution in [2.75, 3.05) is 19.8 Å². The number of carbonyl (C=O) groups excluding carboxylic acids is 3. The van der Waals surface area contributed by atoms with E-state index in [0.29, 0.717) is 23.4 Å². The summed E-state index contributed by atoms with van der Waals surface area (Å²) in [7, 11) is 0. The first kappa shape index (κ1) is 27.1. The molecule has 0 N–H and O–H groups in total. The van der Waals surface area contributed by atoms with Crippen LogP contribution in [0, 0.1) is 11.3 Å². The van der Waals surface area contributed by atoms with Crippen molar-refractivity contribution in [2.45, 2.75) is 27.2 Å². The van der Waals surface area contributed by atoms with Gasteiger partial charge in [0.15, 0.2) is 0 Å². The summed E-state index contributed by atoms with van der Waals surface area (Å²) in [5.74, 6) is -0.903. The van der Waals surface area contributed by atoms with Crippen LogP contribution in [-0.4, -0.2) is 52.2 Å². The van der Waals surface area contributed by atoms with E-state index in [1.165, 1.54) is 6.92 Å². The summed E-state index contributed by atoms with van der Waals surface area (Å²) >= 11 is 0. The summed E-state index contributed by atoms with van der Waals surface area (Å²) in [4.78, 5) is 38.6. The number of nitriles is 1. The first-order chi connectivity index (χ1) is 18.8. The Bertz CT molecular complexity index is 1490. The van der Waals surface area contributed by atoms with Gasteiger partial charge >= 0.3 is 5.97 Å². The van der Waals surface area contributed by atoms with Crippen molar-refractivity contribution in [3.05, 3.63) is 83.1 Å². The number of aromatic nitrogens is 2. The average Bonchev–Trinajstić information content (AvgIpc) is 3.36. The number of carbonyl (C=O) groups is 3. The van der Waals surface area contributed by atoms with Crippen LogP contribution in [0.25, 0.3) is 23.0 Å². The number of ether oxygens (including phenoxy) is 2. The van der Waals surface area contributed by atoms with Crippen LogP contribution in [0.1, 0.15) is 32.8 Å². The molecule has 0 spiro atoms. The predicted molar refractivity (Wildman–Crippen MR) is 144 cm³/mol. The van der Waals surface area contributed by atoms with Crippen LogP contribution in [0.15, 0.2) is 77.5 Å². The average molecular weight is 525 g/mol. The van der Waals surface area contributed by atoms with E-state index in [0.717, 1.165) is 21.9 Å². The van der Waals surface area contributed by atoms with E-state index in [2.05, 4.69) is 0 Å². The molecule has 1 aliphatic rings. The predicted octanol–water partition coefficient (Wildman–Crippen LogP) is 4.48. The third kappa shape index (κ3) is 5.96. The monoisotopic (exact) mass is 524 g/mol. The lowest BCUT2D eigenvalue weighted by Gasteiger charge is -2.27. The molecule has 9 heteroatoms. The Morgan fingerprint density at radius 2 is 1.79 bits per heavy atom. The van der Waals surface area contributed by atoms with Crippen LogP contribution in [0.3, 0.4) is 0 Å². The fourth-order valence-electron chi connectivity index (χ4n) is 4.23. The van der Waals surface area contributed by atoms with Crippen molar-refractivity contribution in [3.63, 3.8) is 0 Å². The van der Waals surface area contributed by atoms with E-state index in [1.807, 2.05) is 73.8 Å². The fraction of sp³-hybridized carbons (Fsp3) is 0.233. The molecule has 9 nitrogen and oxygen atoms in total. The van der Waals surface area contributed by atoms with E-state index >= 15 is 0 Å². The van der Waals surface area contributed by atoms with Gasteiger partial charge in [0.2, 0.25) is 0 Å². The van der Waals surface area contributed by atoms with Gasteiger partial charge in [0.1, 0.15) is 17.4 Å². The largest absolute Gasteiger partial charge is 0.494 e. The third-order valence-electron chi connectivity index (χ3n) is 6.16. The van der Waals surface area contributed by atoms with E-state index < -0.39 is 17.8 Å². The normalized spacial score (nSPS) is 14.5. The summed E-state index contributed by atoms with van der Waals surface area (Å²) in [6, 6.07) is 19.0. The number of hydrogen-bond acceptors (Lipinski definition) is 7. The molecule has 0 aliphatic carbocycles. The molecular weight excluding hydrogens is 496 g/mol. The molecule has 0 saturated heterocycles. The zero-order valence-electron chi connectivity index (χ0n) is 22.0. The van der Waals surface area contributed by atoms with Crippen LogP contribution in [-0.2, 0) is 19.1 Å². The number of esters is 1. The molecule has 0 radical (unpaired) electrons. The minimum absolute atomic E-state index is 0.00969. The highest BCUT2D eigenvalue weighted by molar-refractivity contribution is 6.19. The highest BCUT2D eigenvalue weighted by Gasteiger charge is 2.35. The molecule has 1 aromatic heterocycles. The molecule has 1 aliphatic heterocycles. The summed E-state index contributed by atoms with van der Waals surface area (Å²) in [5.41, 5.74) is 3.30. The van der Waals surface area contributed by atoms with Gasteiger partial charge in [0, 0.05) is 36.4 Å². The lowest BCUT2D eigenvalue weighted by atomic mass is 9.93. The van der Waals surface area contributed by atoms with Crippen molar-refractivity contribution >= 4 is 23.9 Å². The quantitative estimate of drug-likeness (QED) is 0.175. The van der Waals surface area contributed by atoms with Crippen LogP contribution in [0.4, 0.5) is 0 Å². The minimum Gasteiger partial charge on any atom is -0.494 e. The summed E-state index contributed by atoms with van der Waals surface area (Å²) < 4.78 is 12.2. The highest BCUT2D eigenvalue weighted by Crippen LogP contribution is 2.32. The maximum atomic E-state index is 13.5. The molecule has 0 fully saturated rings. The lowest BCUT2D eigenvalue weighted by Crippen LogP contribution is -2.43. The standard InChI is InChI=1S/C30H28N4O5/c1-4-38-25-13-11-22(12-14-25)28-23(19-34(32-28)24-9-6-5-7-10-24)17-26-20(2)27(18-31)30(37)33(29(26)36)15-8-16-39-21(3)35/h5-7,9-14,17,19H,4,8,15-16H2,1-3H3. The Morgan fingerprint density at radius 1 is 1.08 bits per heavy atom. The van der Waals surface area contributed by atoms with Gasteiger partial charge in [-0.1, -0.05) is 18.2 Å². The Labute approximate surface area is 226 Å². The molecule has 0 atom stereocenters. The molecule has 198 valence electrons. The van der Waals surface area contributed by atoms with Gasteiger partial charge in [-0.3, -0.25) is 19.3 Å². The first-order valence-electron chi connectivity index (χ1n) is 12.5. The van der Waals surface area contributed by atoms with Crippen LogP contribution in [0.2, 0.25) is 0 Å². The third-order valence-corrected chi connectivity index (χ3v) is 6.16. The molecule has 2 heterocycles. The topological polar surface area (TPSA) is 115 Å². The summed E-state index contributed by atoms with van der Waals surface area (Å²) in [5, 5.41) is 14.5. The fourth-order valence-corrected chi connectivity index (χ4v) is 4.23. The maximum Gasteiger partial charge on any atom is 0.302 e. The Hall–Kier alpha value is -4.97. The van der Waals surface area contributed by atoms with Gasteiger partial charge in [-0.25, -0.2) is 4.68 Å². The van der Waals surface area contributed by atoms with E-state index in [4.69, 9.17) is 14.6 Å². The molecule has 0 bridgehead atoms. The van der Waals surface area contributed by atoms with Gasteiger partial charge < -0.3 is 9.47 Å². The second-order valence-electron chi connectivity index (χ2n) is 8.80. The summed E-state index contributed by atoms with van der Waals surface area (Å²) in [6.45, 7) is 5.41. The Morgan fingerprint density at radius 3 is 2.44 bits per heavy atom. The molecule has 3 aromatic rings. The van der Waals surface area contributed by atoms with Crippen LogP contribution < -0.4 is 4.74 Å². The van der Waals surface area contributed by atoms with Crippen molar-refractivity contribution in [2.24, 2.45) is 0 Å². The van der Waals surface area contributed by atoms with Crippen molar-refractivity contribution in [3.8, 4) is 28.8 Å². The summed E-state index contributed by atoms with van der Waals surface area (Å²) in [6.07, 6.45) is 3.73. The first-order valence-corrected chi connectivity index (χ1v) is 12.5. The molecular formula is C30H28N4O5. The smallest absolute Gasteiger partial charge is 0.302 e. The number of para-hydroxylation sites is 1. The zero-order chi connectivity index (χ0) is 27.9. The number of nitrogens with zero attached hydrogens (tertiary/aromatic N) is 4. The SMILES string of the molecule is CCOc1ccc(-c2nn(-c3ccccc3)cc2C=C2C(=O)N(CCCOC(C)=O)C(=O)C(C#N)=C2C)cc1. The van der Waals surface area contributed by atoms with Crippen molar-refractivity contribution < 1.29 is 23.9 Å². The Balaban J connectivity index is 1.79. The van der Waals surface area contributed by atoms with Crippen LogP contribution >= 0.6 is 0 Å². The second kappa shape index (κ2) is 12.0. The van der Waals surface area contributed by atoms with Gasteiger partial charge in [0.05, 0.1) is 24.6 Å². The van der Waals surface area contributed by atoms with Crippen molar-refractivity contribution in [1.82, 2.24) is 14.7 Å². The number of rotatable bonds is 9. The van der Waals surface area contributed by atoms with E-state index in [9.17, 15) is 19.6 Å². The molecule has 0 unspecified atom stereocenters. The number of hydrogen-bond donors (Lipinski definition) is 0. The number of amides is 2. The zero-order valence-corrected chi connectivity index (χ0v) is 22.0. The number of imide groups is 1. The van der Waals surface area contributed by atoms with Gasteiger partial charge in [-0.15, -0.1) is 0 Å². The maximum absolute atomic E-state index is 13.5. The molecule has 2 amide bonds. The van der Waals surface area contributed by atoms with Crippen molar-refractivity contribution in [1.29, 1.82) is 5.26 Å². The highest BCUT2D eigenvalue weighted by atomic mass is 16.5. The van der Waals surface area contributed by atoms with E-state index in [1.54, 1.807) is 17.7 Å². The molecule has 4 rings (SSSR count). The minimum atomic E-state index is -0.660.